The van der Waals surface area contributed by atoms with Crippen LogP contribution in [0.25, 0.3) is 10.9 Å². The number of fused-ring (bicyclic) bond motifs is 1. The summed E-state index contributed by atoms with van der Waals surface area (Å²) in [5, 5.41) is 10.0. The van der Waals surface area contributed by atoms with Gasteiger partial charge in [-0.1, -0.05) is 36.4 Å². The highest BCUT2D eigenvalue weighted by Crippen LogP contribution is 2.18. The van der Waals surface area contributed by atoms with Crippen molar-refractivity contribution in [2.24, 2.45) is 0 Å². The van der Waals surface area contributed by atoms with Gasteiger partial charge in [0.15, 0.2) is 0 Å². The van der Waals surface area contributed by atoms with Crippen LogP contribution in [0.5, 0.6) is 0 Å². The van der Waals surface area contributed by atoms with E-state index >= 15 is 0 Å². The molecule has 0 saturated carbocycles. The highest BCUT2D eigenvalue weighted by molar-refractivity contribution is 5.83. The molecule has 3 aromatic rings. The van der Waals surface area contributed by atoms with Gasteiger partial charge in [-0.25, -0.2) is 10.2 Å². The third-order valence-electron chi connectivity index (χ3n) is 3.45. The SMILES string of the molecule is O=C(NNc1ccc2cc(CO)cnc2c1)OCc1ccccc1. The number of amides is 1. The van der Waals surface area contributed by atoms with Crippen molar-refractivity contribution in [1.29, 1.82) is 0 Å². The number of carbonyl (C=O) groups excluding carboxylic acids is 1. The standard InChI is InChI=1S/C18H17N3O3/c22-11-14-8-15-6-7-16(9-17(15)19-10-14)20-21-18(23)24-12-13-4-2-1-3-5-13/h1-10,20,22H,11-12H2,(H,21,23). The van der Waals surface area contributed by atoms with Crippen molar-refractivity contribution in [1.82, 2.24) is 10.4 Å². The lowest BCUT2D eigenvalue weighted by atomic mass is 10.1. The number of rotatable bonds is 5. The predicted molar refractivity (Wildman–Crippen MR) is 91.1 cm³/mol. The molecule has 0 unspecified atom stereocenters. The lowest BCUT2D eigenvalue weighted by Gasteiger charge is -2.10. The lowest BCUT2D eigenvalue weighted by molar-refractivity contribution is 0.142. The quantitative estimate of drug-likeness (QED) is 0.629. The predicted octanol–water partition coefficient (Wildman–Crippen LogP) is 2.98. The van der Waals surface area contributed by atoms with Gasteiger partial charge in [0.2, 0.25) is 0 Å². The van der Waals surface area contributed by atoms with Crippen LogP contribution < -0.4 is 10.9 Å². The van der Waals surface area contributed by atoms with Gasteiger partial charge in [-0.15, -0.1) is 0 Å². The number of anilines is 1. The number of carbonyl (C=O) groups is 1. The minimum Gasteiger partial charge on any atom is -0.443 e. The number of aliphatic hydroxyl groups is 1. The zero-order valence-electron chi connectivity index (χ0n) is 12.9. The van der Waals surface area contributed by atoms with E-state index < -0.39 is 6.09 Å². The smallest absolute Gasteiger partial charge is 0.426 e. The summed E-state index contributed by atoms with van der Waals surface area (Å²) < 4.78 is 5.11. The van der Waals surface area contributed by atoms with E-state index in [0.717, 1.165) is 22.0 Å². The number of pyridine rings is 1. The summed E-state index contributed by atoms with van der Waals surface area (Å²) in [7, 11) is 0. The third-order valence-corrected chi connectivity index (χ3v) is 3.45. The number of hydrazine groups is 1. The summed E-state index contributed by atoms with van der Waals surface area (Å²) in [6.45, 7) is 0.162. The van der Waals surface area contributed by atoms with Crippen molar-refractivity contribution in [3.8, 4) is 0 Å². The van der Waals surface area contributed by atoms with Crippen LogP contribution in [0.4, 0.5) is 10.5 Å². The van der Waals surface area contributed by atoms with E-state index in [2.05, 4.69) is 15.8 Å². The van der Waals surface area contributed by atoms with E-state index in [1.54, 1.807) is 12.3 Å². The van der Waals surface area contributed by atoms with Crippen LogP contribution in [0, 0.1) is 0 Å². The summed E-state index contributed by atoms with van der Waals surface area (Å²) in [6.07, 6.45) is 1.05. The zero-order valence-corrected chi connectivity index (χ0v) is 12.9. The molecule has 122 valence electrons. The van der Waals surface area contributed by atoms with E-state index in [1.165, 1.54) is 0 Å². The van der Waals surface area contributed by atoms with Gasteiger partial charge < -0.3 is 9.84 Å². The fraction of sp³-hybridized carbons (Fsp3) is 0.111. The first kappa shape index (κ1) is 15.8. The molecular formula is C18H17N3O3. The maximum Gasteiger partial charge on any atom is 0.426 e. The topological polar surface area (TPSA) is 83.5 Å². The number of hydrogen-bond donors (Lipinski definition) is 3. The van der Waals surface area contributed by atoms with Gasteiger partial charge in [-0.2, -0.15) is 0 Å². The van der Waals surface area contributed by atoms with Gasteiger partial charge >= 0.3 is 6.09 Å². The van der Waals surface area contributed by atoms with Gasteiger partial charge in [0.25, 0.3) is 0 Å². The average Bonchev–Trinajstić information content (AvgIpc) is 2.65. The molecule has 6 nitrogen and oxygen atoms in total. The molecule has 0 radical (unpaired) electrons. The first-order valence-electron chi connectivity index (χ1n) is 7.47. The molecule has 0 aliphatic rings. The van der Waals surface area contributed by atoms with Crippen molar-refractivity contribution in [2.45, 2.75) is 13.2 Å². The fourth-order valence-corrected chi connectivity index (χ4v) is 2.21. The van der Waals surface area contributed by atoms with Crippen molar-refractivity contribution in [2.75, 3.05) is 5.43 Å². The molecule has 1 aromatic heterocycles. The van der Waals surface area contributed by atoms with Crippen LogP contribution in [0.2, 0.25) is 0 Å². The lowest BCUT2D eigenvalue weighted by Crippen LogP contribution is -2.29. The van der Waals surface area contributed by atoms with Crippen LogP contribution in [-0.2, 0) is 18.0 Å². The Balaban J connectivity index is 1.56. The molecule has 3 N–H and O–H groups in total. The monoisotopic (exact) mass is 323 g/mol. The normalized spacial score (nSPS) is 10.4. The van der Waals surface area contributed by atoms with Crippen molar-refractivity contribution in [3.05, 3.63) is 71.9 Å². The summed E-state index contributed by atoms with van der Waals surface area (Å²) in [5.74, 6) is 0. The van der Waals surface area contributed by atoms with Crippen LogP contribution >= 0.6 is 0 Å². The van der Waals surface area contributed by atoms with E-state index in [1.807, 2.05) is 48.5 Å². The van der Waals surface area contributed by atoms with E-state index in [0.29, 0.717) is 5.69 Å². The Morgan fingerprint density at radius 2 is 1.92 bits per heavy atom. The Morgan fingerprint density at radius 3 is 2.71 bits per heavy atom. The largest absolute Gasteiger partial charge is 0.443 e. The Bertz CT molecular complexity index is 837. The first-order chi connectivity index (χ1) is 11.7. The summed E-state index contributed by atoms with van der Waals surface area (Å²) >= 11 is 0. The van der Waals surface area contributed by atoms with E-state index in [9.17, 15) is 4.79 Å². The van der Waals surface area contributed by atoms with E-state index in [-0.39, 0.29) is 13.2 Å². The second kappa shape index (κ2) is 7.43. The molecule has 6 heteroatoms. The van der Waals surface area contributed by atoms with E-state index in [4.69, 9.17) is 9.84 Å². The number of benzene rings is 2. The molecule has 0 fully saturated rings. The van der Waals surface area contributed by atoms with Crippen LogP contribution in [0.1, 0.15) is 11.1 Å². The summed E-state index contributed by atoms with van der Waals surface area (Å²) in [6, 6.07) is 16.8. The van der Waals surface area contributed by atoms with Crippen LogP contribution in [-0.4, -0.2) is 16.2 Å². The molecule has 24 heavy (non-hydrogen) atoms. The molecule has 1 heterocycles. The molecule has 0 aliphatic carbocycles. The molecule has 0 spiro atoms. The van der Waals surface area contributed by atoms with Crippen molar-refractivity contribution >= 4 is 22.7 Å². The molecule has 3 rings (SSSR count). The maximum absolute atomic E-state index is 11.7. The Morgan fingerprint density at radius 1 is 1.08 bits per heavy atom. The highest BCUT2D eigenvalue weighted by atomic mass is 16.6. The Kier molecular flexibility index (Phi) is 4.88. The zero-order chi connectivity index (χ0) is 16.8. The first-order valence-corrected chi connectivity index (χ1v) is 7.47. The number of aliphatic hydroxyl groups excluding tert-OH is 1. The van der Waals surface area contributed by atoms with Gasteiger partial charge in [0, 0.05) is 11.6 Å². The van der Waals surface area contributed by atoms with Crippen LogP contribution in [0.3, 0.4) is 0 Å². The average molecular weight is 323 g/mol. The van der Waals surface area contributed by atoms with Gasteiger partial charge in [-0.05, 0) is 29.3 Å². The van der Waals surface area contributed by atoms with Crippen molar-refractivity contribution in [3.63, 3.8) is 0 Å². The number of ether oxygens (including phenoxy) is 1. The molecule has 0 atom stereocenters. The van der Waals surface area contributed by atoms with Crippen LogP contribution in [0.15, 0.2) is 60.8 Å². The molecule has 2 aromatic carbocycles. The number of aromatic nitrogens is 1. The summed E-state index contributed by atoms with van der Waals surface area (Å²) in [4.78, 5) is 16.0. The number of nitrogens with one attached hydrogen (secondary N) is 2. The third kappa shape index (κ3) is 3.99. The highest BCUT2D eigenvalue weighted by Gasteiger charge is 2.03. The molecular weight excluding hydrogens is 306 g/mol. The summed E-state index contributed by atoms with van der Waals surface area (Å²) in [5.41, 5.74) is 8.38. The minimum atomic E-state index is -0.567. The fourth-order valence-electron chi connectivity index (χ4n) is 2.21. The molecule has 1 amide bonds. The van der Waals surface area contributed by atoms with Crippen molar-refractivity contribution < 1.29 is 14.6 Å². The second-order valence-electron chi connectivity index (χ2n) is 5.22. The maximum atomic E-state index is 11.7. The Labute approximate surface area is 139 Å². The minimum absolute atomic E-state index is 0.0439. The van der Waals surface area contributed by atoms with Gasteiger partial charge in [0.05, 0.1) is 17.8 Å². The molecule has 0 aliphatic heterocycles. The number of nitrogens with zero attached hydrogens (tertiary/aromatic N) is 1. The molecule has 0 bridgehead atoms. The molecule has 0 saturated heterocycles. The van der Waals surface area contributed by atoms with Gasteiger partial charge in [-0.3, -0.25) is 10.4 Å². The number of hydrogen-bond acceptors (Lipinski definition) is 5. The Hall–Kier alpha value is -3.12. The van der Waals surface area contributed by atoms with Gasteiger partial charge in [0.1, 0.15) is 6.61 Å². The second-order valence-corrected chi connectivity index (χ2v) is 5.22.